The van der Waals surface area contributed by atoms with E-state index in [1.165, 1.54) is 0 Å². The Morgan fingerprint density at radius 3 is 2.39 bits per heavy atom. The summed E-state index contributed by atoms with van der Waals surface area (Å²) in [5, 5.41) is 10.4. The highest BCUT2D eigenvalue weighted by molar-refractivity contribution is 5.21. The van der Waals surface area contributed by atoms with Gasteiger partial charge in [-0.25, -0.2) is 0 Å². The topological polar surface area (TPSA) is 92.0 Å². The van der Waals surface area contributed by atoms with E-state index < -0.39 is 24.0 Å². The molecule has 2 aliphatic rings. The van der Waals surface area contributed by atoms with Gasteiger partial charge in [-0.3, -0.25) is 9.36 Å². The highest BCUT2D eigenvalue weighted by Crippen LogP contribution is 2.45. The van der Waals surface area contributed by atoms with Crippen molar-refractivity contribution in [2.45, 2.75) is 44.2 Å². The third-order valence-electron chi connectivity index (χ3n) is 6.07. The Morgan fingerprint density at radius 1 is 1.06 bits per heavy atom. The molecule has 1 saturated heterocycles. The molecular weight excluding hydrogens is 424 g/mol. The van der Waals surface area contributed by atoms with Gasteiger partial charge in [-0.1, -0.05) is 60.7 Å². The van der Waals surface area contributed by atoms with E-state index in [2.05, 4.69) is 4.98 Å². The predicted molar refractivity (Wildman–Crippen MR) is 119 cm³/mol. The minimum Gasteiger partial charge on any atom is -0.453 e. The molecule has 2 aromatic carbocycles. The predicted octanol–water partition coefficient (Wildman–Crippen LogP) is 2.16. The summed E-state index contributed by atoms with van der Waals surface area (Å²) in [6.45, 7) is 2.31. The number of aromatic nitrogens is 2. The van der Waals surface area contributed by atoms with E-state index >= 15 is 0 Å². The van der Waals surface area contributed by atoms with Crippen molar-refractivity contribution in [3.63, 3.8) is 0 Å². The third kappa shape index (κ3) is 4.06. The summed E-state index contributed by atoms with van der Waals surface area (Å²) in [4.78, 5) is 16.1. The van der Waals surface area contributed by atoms with E-state index in [9.17, 15) is 9.90 Å². The summed E-state index contributed by atoms with van der Waals surface area (Å²) in [5.74, 6) is 0. The molecule has 1 fully saturated rings. The summed E-state index contributed by atoms with van der Waals surface area (Å²) >= 11 is 0. The third-order valence-corrected chi connectivity index (χ3v) is 6.07. The maximum atomic E-state index is 12.1. The van der Waals surface area contributed by atoms with E-state index in [-0.39, 0.29) is 24.8 Å². The zero-order valence-electron chi connectivity index (χ0n) is 18.3. The zero-order chi connectivity index (χ0) is 22.8. The molecule has 8 nitrogen and oxygen atoms in total. The summed E-state index contributed by atoms with van der Waals surface area (Å²) < 4.78 is 26.3. The Morgan fingerprint density at radius 2 is 1.73 bits per heavy atom. The first-order chi connectivity index (χ1) is 16.1. The van der Waals surface area contributed by atoms with Gasteiger partial charge in [-0.05, 0) is 18.1 Å². The Hall–Kier alpha value is -3.04. The quantitative estimate of drug-likeness (QED) is 0.562. The van der Waals surface area contributed by atoms with Gasteiger partial charge in [-0.15, -0.1) is 0 Å². The Labute approximate surface area is 191 Å². The molecule has 3 aromatic rings. The number of rotatable bonds is 8. The smallest absolute Gasteiger partial charge is 0.302 e. The SMILES string of the molecule is Cc1cn2c(nc1=O)O[C@H]1[C@H](OCc3ccccc3)[C@@H](COCc3ccccc3)O[C@]12CO. The van der Waals surface area contributed by atoms with Crippen LogP contribution in [0, 0.1) is 6.92 Å². The first-order valence-corrected chi connectivity index (χ1v) is 10.9. The first kappa shape index (κ1) is 21.8. The van der Waals surface area contributed by atoms with Crippen molar-refractivity contribution in [2.24, 2.45) is 0 Å². The Balaban J connectivity index is 1.40. The summed E-state index contributed by atoms with van der Waals surface area (Å²) in [6.07, 6.45) is -0.125. The van der Waals surface area contributed by atoms with Crippen LogP contribution in [0.5, 0.6) is 6.01 Å². The van der Waals surface area contributed by atoms with Gasteiger partial charge in [0.05, 0.1) is 26.4 Å². The molecule has 0 spiro atoms. The molecule has 0 radical (unpaired) electrons. The van der Waals surface area contributed by atoms with Crippen LogP contribution in [0.1, 0.15) is 16.7 Å². The minimum atomic E-state index is -1.25. The number of ether oxygens (including phenoxy) is 4. The van der Waals surface area contributed by atoms with Gasteiger partial charge in [0.25, 0.3) is 5.56 Å². The lowest BCUT2D eigenvalue weighted by Crippen LogP contribution is -2.46. The Bertz CT molecular complexity index is 1150. The average Bonchev–Trinajstić information content (AvgIpc) is 3.30. The second-order valence-electron chi connectivity index (χ2n) is 8.34. The second kappa shape index (κ2) is 9.07. The number of aliphatic hydroxyl groups is 1. The fourth-order valence-corrected chi connectivity index (χ4v) is 4.36. The molecular formula is C25H26N2O6. The number of aryl methyl sites for hydroxylation is 1. The van der Waals surface area contributed by atoms with Gasteiger partial charge in [0.2, 0.25) is 5.72 Å². The van der Waals surface area contributed by atoms with Crippen molar-refractivity contribution < 1.29 is 24.1 Å². The van der Waals surface area contributed by atoms with Crippen LogP contribution in [0.2, 0.25) is 0 Å². The van der Waals surface area contributed by atoms with Crippen LogP contribution in [0.15, 0.2) is 71.7 Å². The van der Waals surface area contributed by atoms with E-state index in [4.69, 9.17) is 18.9 Å². The molecule has 0 saturated carbocycles. The van der Waals surface area contributed by atoms with Gasteiger partial charge >= 0.3 is 6.01 Å². The molecule has 4 atom stereocenters. The lowest BCUT2D eigenvalue weighted by atomic mass is 10.0. The number of hydrogen-bond donors (Lipinski definition) is 1. The van der Waals surface area contributed by atoms with Crippen LogP contribution >= 0.6 is 0 Å². The fourth-order valence-electron chi connectivity index (χ4n) is 4.36. The number of nitrogens with zero attached hydrogens (tertiary/aromatic N) is 2. The summed E-state index contributed by atoms with van der Waals surface area (Å²) in [6, 6.07) is 19.8. The summed E-state index contributed by atoms with van der Waals surface area (Å²) in [7, 11) is 0. The van der Waals surface area contributed by atoms with Crippen molar-refractivity contribution in [1.29, 1.82) is 0 Å². The molecule has 2 aliphatic heterocycles. The molecule has 0 aliphatic carbocycles. The zero-order valence-corrected chi connectivity index (χ0v) is 18.3. The molecule has 8 heteroatoms. The van der Waals surface area contributed by atoms with Crippen LogP contribution in [-0.4, -0.2) is 46.2 Å². The van der Waals surface area contributed by atoms with Crippen molar-refractivity contribution >= 4 is 0 Å². The molecule has 3 heterocycles. The van der Waals surface area contributed by atoms with Crippen LogP contribution in [0.25, 0.3) is 0 Å². The van der Waals surface area contributed by atoms with Gasteiger partial charge < -0.3 is 24.1 Å². The van der Waals surface area contributed by atoms with E-state index in [1.54, 1.807) is 17.7 Å². The standard InChI is InChI=1S/C25H26N2O6/c1-17-12-27-24(26-23(17)29)32-22-21(31-14-19-10-6-3-7-11-19)20(33-25(22,27)16-28)15-30-13-18-8-4-2-5-9-18/h2-12,20-22,28H,13-16H2,1H3/t20-,21-,22+,25-/m1/s1. The molecule has 0 unspecified atom stereocenters. The molecule has 1 aromatic heterocycles. The van der Waals surface area contributed by atoms with Gasteiger partial charge in [0, 0.05) is 11.8 Å². The van der Waals surface area contributed by atoms with Crippen LogP contribution in [0.3, 0.4) is 0 Å². The molecule has 1 N–H and O–H groups in total. The van der Waals surface area contributed by atoms with Crippen molar-refractivity contribution in [3.8, 4) is 6.01 Å². The first-order valence-electron chi connectivity index (χ1n) is 10.9. The van der Waals surface area contributed by atoms with Crippen LogP contribution in [0.4, 0.5) is 0 Å². The van der Waals surface area contributed by atoms with Gasteiger partial charge in [0.1, 0.15) is 12.2 Å². The maximum Gasteiger partial charge on any atom is 0.302 e. The number of benzene rings is 2. The molecule has 0 bridgehead atoms. The fraction of sp³-hybridized carbons (Fsp3) is 0.360. The lowest BCUT2D eigenvalue weighted by molar-refractivity contribution is -0.152. The highest BCUT2D eigenvalue weighted by Gasteiger charge is 2.63. The average molecular weight is 450 g/mol. The summed E-state index contributed by atoms with van der Waals surface area (Å²) in [5.41, 5.74) is 0.863. The molecule has 5 rings (SSSR count). The van der Waals surface area contributed by atoms with E-state index in [0.29, 0.717) is 18.8 Å². The maximum absolute atomic E-state index is 12.1. The largest absolute Gasteiger partial charge is 0.453 e. The van der Waals surface area contributed by atoms with Crippen molar-refractivity contribution in [1.82, 2.24) is 9.55 Å². The number of aliphatic hydroxyl groups excluding tert-OH is 1. The van der Waals surface area contributed by atoms with E-state index in [0.717, 1.165) is 11.1 Å². The van der Waals surface area contributed by atoms with Crippen LogP contribution in [-0.2, 0) is 33.1 Å². The van der Waals surface area contributed by atoms with E-state index in [1.807, 2.05) is 60.7 Å². The molecule has 172 valence electrons. The normalized spacial score (nSPS) is 25.5. The minimum absolute atomic E-state index is 0.113. The number of hydrogen-bond acceptors (Lipinski definition) is 7. The molecule has 0 amide bonds. The lowest BCUT2D eigenvalue weighted by Gasteiger charge is -2.27. The van der Waals surface area contributed by atoms with Gasteiger partial charge in [0.15, 0.2) is 6.10 Å². The second-order valence-corrected chi connectivity index (χ2v) is 8.34. The van der Waals surface area contributed by atoms with Crippen molar-refractivity contribution in [2.75, 3.05) is 13.2 Å². The number of fused-ring (bicyclic) bond motifs is 3. The monoisotopic (exact) mass is 450 g/mol. The van der Waals surface area contributed by atoms with Gasteiger partial charge in [-0.2, -0.15) is 4.98 Å². The Kier molecular flexibility index (Phi) is 5.99. The van der Waals surface area contributed by atoms with Crippen molar-refractivity contribution in [3.05, 3.63) is 93.9 Å². The van der Waals surface area contributed by atoms with Crippen LogP contribution < -0.4 is 10.3 Å². The highest BCUT2D eigenvalue weighted by atomic mass is 16.7. The molecule has 33 heavy (non-hydrogen) atoms.